The highest BCUT2D eigenvalue weighted by molar-refractivity contribution is 7.19. The molecule has 1 nitrogen and oxygen atoms in total. The van der Waals surface area contributed by atoms with E-state index in [0.717, 1.165) is 6.07 Å². The molecule has 0 aliphatic heterocycles. The Hall–Kier alpha value is -1.07. The van der Waals surface area contributed by atoms with Gasteiger partial charge in [-0.15, -0.1) is 11.3 Å². The van der Waals surface area contributed by atoms with Crippen LogP contribution in [0.2, 0.25) is 0 Å². The van der Waals surface area contributed by atoms with Gasteiger partial charge in [0.15, 0.2) is 0 Å². The van der Waals surface area contributed by atoms with Crippen LogP contribution in [0.5, 0.6) is 0 Å². The van der Waals surface area contributed by atoms with Crippen molar-refractivity contribution in [2.75, 3.05) is 0 Å². The second kappa shape index (κ2) is 3.50. The van der Waals surface area contributed by atoms with E-state index in [9.17, 15) is 13.2 Å². The molecule has 0 fully saturated rings. The van der Waals surface area contributed by atoms with Gasteiger partial charge in [-0.3, -0.25) is 0 Å². The van der Waals surface area contributed by atoms with Crippen molar-refractivity contribution >= 4 is 21.4 Å². The van der Waals surface area contributed by atoms with Crippen molar-refractivity contribution < 1.29 is 18.3 Å². The Bertz CT molecular complexity index is 487. The molecular weight excluding hydrogens is 225 g/mol. The number of hydrogen-bond acceptors (Lipinski definition) is 2. The molecule has 1 aromatic carbocycles. The second-order valence-corrected chi connectivity index (χ2v) is 4.25. The second-order valence-electron chi connectivity index (χ2n) is 3.09. The van der Waals surface area contributed by atoms with Crippen molar-refractivity contribution in [2.24, 2.45) is 0 Å². The minimum Gasteiger partial charge on any atom is -0.391 e. The Morgan fingerprint density at radius 3 is 2.60 bits per heavy atom. The number of aliphatic hydroxyl groups is 1. The fraction of sp³-hybridized carbons (Fsp3) is 0.200. The smallest absolute Gasteiger partial charge is 0.391 e. The van der Waals surface area contributed by atoms with Crippen LogP contribution >= 0.6 is 11.3 Å². The number of benzene rings is 1. The quantitative estimate of drug-likeness (QED) is 0.798. The SMILES string of the molecule is OCc1cc2c(C(F)(F)F)cccc2s1. The first-order chi connectivity index (χ1) is 7.02. The molecule has 80 valence electrons. The maximum atomic E-state index is 12.6. The topological polar surface area (TPSA) is 20.2 Å². The van der Waals surface area contributed by atoms with Gasteiger partial charge in [-0.05, 0) is 18.2 Å². The Morgan fingerprint density at radius 2 is 2.00 bits per heavy atom. The van der Waals surface area contributed by atoms with Gasteiger partial charge in [-0.25, -0.2) is 0 Å². The van der Waals surface area contributed by atoms with Gasteiger partial charge >= 0.3 is 6.18 Å². The van der Waals surface area contributed by atoms with Crippen molar-refractivity contribution in [3.05, 3.63) is 34.7 Å². The first-order valence-electron chi connectivity index (χ1n) is 4.22. The van der Waals surface area contributed by atoms with E-state index in [2.05, 4.69) is 0 Å². The van der Waals surface area contributed by atoms with Crippen molar-refractivity contribution in [1.29, 1.82) is 0 Å². The molecule has 0 spiro atoms. The molecule has 5 heteroatoms. The van der Waals surface area contributed by atoms with E-state index in [1.807, 2.05) is 0 Å². The zero-order chi connectivity index (χ0) is 11.1. The highest BCUT2D eigenvalue weighted by Gasteiger charge is 2.32. The van der Waals surface area contributed by atoms with Crippen molar-refractivity contribution in [1.82, 2.24) is 0 Å². The van der Waals surface area contributed by atoms with Gasteiger partial charge in [0.05, 0.1) is 12.2 Å². The van der Waals surface area contributed by atoms with E-state index < -0.39 is 11.7 Å². The lowest BCUT2D eigenvalue weighted by atomic mass is 10.1. The van der Waals surface area contributed by atoms with E-state index in [0.29, 0.717) is 9.58 Å². The van der Waals surface area contributed by atoms with E-state index in [4.69, 9.17) is 5.11 Å². The van der Waals surface area contributed by atoms with E-state index in [1.54, 1.807) is 6.07 Å². The lowest BCUT2D eigenvalue weighted by Gasteiger charge is -2.06. The molecule has 2 rings (SSSR count). The molecule has 2 aromatic rings. The summed E-state index contributed by atoms with van der Waals surface area (Å²) in [5.41, 5.74) is -0.643. The molecule has 1 aromatic heterocycles. The molecule has 1 heterocycles. The van der Waals surface area contributed by atoms with Crippen LogP contribution in [-0.2, 0) is 12.8 Å². The van der Waals surface area contributed by atoms with Gasteiger partial charge in [-0.1, -0.05) is 6.07 Å². The highest BCUT2D eigenvalue weighted by Crippen LogP contribution is 2.37. The number of rotatable bonds is 1. The Balaban J connectivity index is 2.70. The summed E-state index contributed by atoms with van der Waals surface area (Å²) in [6.45, 7) is -0.226. The highest BCUT2D eigenvalue weighted by atomic mass is 32.1. The molecule has 0 amide bonds. The summed E-state index contributed by atoms with van der Waals surface area (Å²) in [4.78, 5) is 0.543. The van der Waals surface area contributed by atoms with E-state index in [-0.39, 0.29) is 12.0 Å². The first kappa shape index (κ1) is 10.4. The molecule has 0 bridgehead atoms. The maximum absolute atomic E-state index is 12.6. The summed E-state index contributed by atoms with van der Waals surface area (Å²) < 4.78 is 38.3. The summed E-state index contributed by atoms with van der Waals surface area (Å²) in [5.74, 6) is 0. The molecule has 0 radical (unpaired) electrons. The van der Waals surface area contributed by atoms with Crippen molar-refractivity contribution in [3.63, 3.8) is 0 Å². The Labute approximate surface area is 87.8 Å². The molecular formula is C10H7F3OS. The predicted molar refractivity (Wildman–Crippen MR) is 52.7 cm³/mol. The first-order valence-corrected chi connectivity index (χ1v) is 5.03. The van der Waals surface area contributed by atoms with Crippen LogP contribution in [0, 0.1) is 0 Å². The van der Waals surface area contributed by atoms with Crippen LogP contribution < -0.4 is 0 Å². The summed E-state index contributed by atoms with van der Waals surface area (Å²) in [6, 6.07) is 5.44. The minimum absolute atomic E-state index is 0.166. The number of thiophene rings is 1. The Morgan fingerprint density at radius 1 is 1.27 bits per heavy atom. The monoisotopic (exact) mass is 232 g/mol. The van der Waals surface area contributed by atoms with Crippen LogP contribution in [0.4, 0.5) is 13.2 Å². The summed E-state index contributed by atoms with van der Waals surface area (Å²) in [5, 5.41) is 9.03. The molecule has 0 unspecified atom stereocenters. The minimum atomic E-state index is -4.34. The fourth-order valence-corrected chi connectivity index (χ4v) is 2.39. The van der Waals surface area contributed by atoms with Gasteiger partial charge in [0, 0.05) is 15.0 Å². The van der Waals surface area contributed by atoms with Gasteiger partial charge in [0.2, 0.25) is 0 Å². The average Bonchev–Trinajstić information content (AvgIpc) is 2.57. The fourth-order valence-electron chi connectivity index (χ4n) is 1.44. The molecule has 0 aliphatic rings. The third-order valence-corrected chi connectivity index (χ3v) is 3.16. The Kier molecular flexibility index (Phi) is 2.44. The number of hydrogen-bond donors (Lipinski definition) is 1. The number of halogens is 3. The maximum Gasteiger partial charge on any atom is 0.417 e. The van der Waals surface area contributed by atoms with Crippen LogP contribution in [0.15, 0.2) is 24.3 Å². The summed E-state index contributed by atoms with van der Waals surface area (Å²) in [7, 11) is 0. The molecule has 15 heavy (non-hydrogen) atoms. The standard InChI is InChI=1S/C10H7F3OS/c11-10(12,13)8-2-1-3-9-7(8)4-6(5-14)15-9/h1-4,14H,5H2. The predicted octanol–water partition coefficient (Wildman–Crippen LogP) is 3.41. The molecule has 0 atom stereocenters. The van der Waals surface area contributed by atoms with Crippen LogP contribution in [0.1, 0.15) is 10.4 Å². The van der Waals surface area contributed by atoms with Crippen LogP contribution in [0.25, 0.3) is 10.1 Å². The van der Waals surface area contributed by atoms with Gasteiger partial charge < -0.3 is 5.11 Å². The zero-order valence-corrected chi connectivity index (χ0v) is 8.32. The molecule has 0 saturated heterocycles. The lowest BCUT2D eigenvalue weighted by molar-refractivity contribution is -0.136. The van der Waals surface area contributed by atoms with Crippen molar-refractivity contribution in [3.8, 4) is 0 Å². The zero-order valence-electron chi connectivity index (χ0n) is 7.51. The van der Waals surface area contributed by atoms with E-state index >= 15 is 0 Å². The lowest BCUT2D eigenvalue weighted by Crippen LogP contribution is -2.04. The van der Waals surface area contributed by atoms with Crippen LogP contribution in [-0.4, -0.2) is 5.11 Å². The van der Waals surface area contributed by atoms with Crippen LogP contribution in [0.3, 0.4) is 0 Å². The summed E-state index contributed by atoms with van der Waals surface area (Å²) >= 11 is 1.18. The number of fused-ring (bicyclic) bond motifs is 1. The normalized spacial score (nSPS) is 12.3. The number of alkyl halides is 3. The molecule has 0 saturated carbocycles. The average molecular weight is 232 g/mol. The number of aliphatic hydroxyl groups excluding tert-OH is 1. The van der Waals surface area contributed by atoms with Crippen molar-refractivity contribution in [2.45, 2.75) is 12.8 Å². The van der Waals surface area contributed by atoms with E-state index in [1.165, 1.54) is 23.5 Å². The van der Waals surface area contributed by atoms with Gasteiger partial charge in [0.25, 0.3) is 0 Å². The molecule has 1 N–H and O–H groups in total. The summed E-state index contributed by atoms with van der Waals surface area (Å²) in [6.07, 6.45) is -4.34. The largest absolute Gasteiger partial charge is 0.417 e. The van der Waals surface area contributed by atoms with Gasteiger partial charge in [-0.2, -0.15) is 13.2 Å². The molecule has 0 aliphatic carbocycles. The third kappa shape index (κ3) is 1.85. The van der Waals surface area contributed by atoms with Gasteiger partial charge in [0.1, 0.15) is 0 Å². The third-order valence-electron chi connectivity index (χ3n) is 2.07.